The monoisotopic (exact) mass is 148 g/mol. The summed E-state index contributed by atoms with van der Waals surface area (Å²) in [6.45, 7) is 0. The van der Waals surface area contributed by atoms with Crippen molar-refractivity contribution in [3.8, 4) is 0 Å². The Balaban J connectivity index is 2.22. The van der Waals surface area contributed by atoms with Crippen molar-refractivity contribution in [3.63, 3.8) is 0 Å². The predicted octanol–water partition coefficient (Wildman–Crippen LogP) is 2.37. The number of nitrogens with zero attached hydrogens (tertiary/aromatic N) is 1. The number of aromatic amines is 1. The molecule has 2 nitrogen and oxygen atoms in total. The number of H-pyrrole nitrogens is 1. The van der Waals surface area contributed by atoms with Gasteiger partial charge < -0.3 is 4.98 Å². The molecule has 1 heterocycles. The van der Waals surface area contributed by atoms with Crippen molar-refractivity contribution in [3.05, 3.63) is 24.3 Å². The molecule has 1 N–H and O–H groups in total. The molecule has 0 unspecified atom stereocenters. The number of allylic oxidation sites excluding steroid dienone is 2. The first-order valence-corrected chi connectivity index (χ1v) is 4.15. The summed E-state index contributed by atoms with van der Waals surface area (Å²) in [6.07, 6.45) is 11.0. The summed E-state index contributed by atoms with van der Waals surface area (Å²) in [7, 11) is 0. The molecule has 0 bridgehead atoms. The van der Waals surface area contributed by atoms with E-state index in [-0.39, 0.29) is 0 Å². The molecule has 1 aromatic rings. The minimum atomic E-state index is 1.06. The van der Waals surface area contributed by atoms with Crippen LogP contribution in [0.3, 0.4) is 0 Å². The van der Waals surface area contributed by atoms with Crippen LogP contribution < -0.4 is 0 Å². The number of rotatable bonds is 1. The van der Waals surface area contributed by atoms with Crippen LogP contribution in [0.4, 0.5) is 0 Å². The van der Waals surface area contributed by atoms with E-state index in [1.807, 2.05) is 12.4 Å². The van der Waals surface area contributed by atoms with E-state index in [2.05, 4.69) is 16.0 Å². The Morgan fingerprint density at radius 3 is 3.00 bits per heavy atom. The molecule has 11 heavy (non-hydrogen) atoms. The minimum Gasteiger partial charge on any atom is -0.345 e. The quantitative estimate of drug-likeness (QED) is 0.650. The molecule has 0 saturated heterocycles. The first-order chi connectivity index (χ1) is 5.47. The van der Waals surface area contributed by atoms with Gasteiger partial charge in [0.15, 0.2) is 0 Å². The van der Waals surface area contributed by atoms with Gasteiger partial charge in [0.2, 0.25) is 0 Å². The van der Waals surface area contributed by atoms with E-state index in [9.17, 15) is 0 Å². The molecule has 1 aliphatic carbocycles. The zero-order chi connectivity index (χ0) is 7.52. The first kappa shape index (κ1) is 6.65. The fourth-order valence-corrected chi connectivity index (χ4v) is 1.49. The molecule has 0 atom stereocenters. The van der Waals surface area contributed by atoms with Crippen LogP contribution in [0.5, 0.6) is 0 Å². The zero-order valence-corrected chi connectivity index (χ0v) is 6.51. The van der Waals surface area contributed by atoms with Gasteiger partial charge in [-0.2, -0.15) is 0 Å². The highest BCUT2D eigenvalue weighted by atomic mass is 14.9. The fourth-order valence-electron chi connectivity index (χ4n) is 1.49. The maximum Gasteiger partial charge on any atom is 0.132 e. The SMILES string of the molecule is C1=C(c2ncc[nH]2)CCCC1. The number of imidazole rings is 1. The predicted molar refractivity (Wildman–Crippen MR) is 45.0 cm³/mol. The van der Waals surface area contributed by atoms with Crippen molar-refractivity contribution < 1.29 is 0 Å². The Labute approximate surface area is 66.4 Å². The second kappa shape index (κ2) is 2.91. The Bertz CT molecular complexity index is 247. The fraction of sp³-hybridized carbons (Fsp3) is 0.444. The lowest BCUT2D eigenvalue weighted by Gasteiger charge is -2.09. The lowest BCUT2D eigenvalue weighted by Crippen LogP contribution is -1.93. The van der Waals surface area contributed by atoms with E-state index in [1.165, 1.54) is 31.3 Å². The molecule has 0 amide bonds. The van der Waals surface area contributed by atoms with Gasteiger partial charge in [0.1, 0.15) is 5.82 Å². The van der Waals surface area contributed by atoms with Crippen LogP contribution in [-0.4, -0.2) is 9.97 Å². The van der Waals surface area contributed by atoms with Crippen molar-refractivity contribution in [2.45, 2.75) is 25.7 Å². The third kappa shape index (κ3) is 1.34. The molecule has 0 spiro atoms. The van der Waals surface area contributed by atoms with Gasteiger partial charge in [0.05, 0.1) is 0 Å². The number of nitrogens with one attached hydrogen (secondary N) is 1. The zero-order valence-electron chi connectivity index (χ0n) is 6.51. The van der Waals surface area contributed by atoms with Gasteiger partial charge in [-0.1, -0.05) is 6.08 Å². The number of hydrogen-bond acceptors (Lipinski definition) is 1. The molecule has 0 aromatic carbocycles. The average Bonchev–Trinajstić information content (AvgIpc) is 2.58. The molecular formula is C9H12N2. The van der Waals surface area contributed by atoms with Gasteiger partial charge >= 0.3 is 0 Å². The standard InChI is InChI=1S/C9H12N2/c1-2-4-8(5-3-1)9-10-6-7-11-9/h4,6-7H,1-3,5H2,(H,10,11). The third-order valence-electron chi connectivity index (χ3n) is 2.09. The molecule has 58 valence electrons. The summed E-state index contributed by atoms with van der Waals surface area (Å²) in [6, 6.07) is 0. The summed E-state index contributed by atoms with van der Waals surface area (Å²) >= 11 is 0. The van der Waals surface area contributed by atoms with Crippen molar-refractivity contribution in [2.75, 3.05) is 0 Å². The van der Waals surface area contributed by atoms with E-state index in [0.717, 1.165) is 5.82 Å². The average molecular weight is 148 g/mol. The molecule has 2 rings (SSSR count). The summed E-state index contributed by atoms with van der Waals surface area (Å²) in [5.74, 6) is 1.06. The van der Waals surface area contributed by atoms with E-state index >= 15 is 0 Å². The molecule has 0 saturated carbocycles. The Kier molecular flexibility index (Phi) is 1.76. The molecular weight excluding hydrogens is 136 g/mol. The maximum atomic E-state index is 4.22. The number of hydrogen-bond donors (Lipinski definition) is 1. The second-order valence-electron chi connectivity index (χ2n) is 2.91. The largest absolute Gasteiger partial charge is 0.345 e. The lowest BCUT2D eigenvalue weighted by molar-refractivity contribution is 0.738. The van der Waals surface area contributed by atoms with Crippen molar-refractivity contribution in [1.82, 2.24) is 9.97 Å². The summed E-state index contributed by atoms with van der Waals surface area (Å²) in [5, 5.41) is 0. The van der Waals surface area contributed by atoms with E-state index in [4.69, 9.17) is 0 Å². The topological polar surface area (TPSA) is 28.7 Å². The van der Waals surface area contributed by atoms with Crippen LogP contribution in [0, 0.1) is 0 Å². The summed E-state index contributed by atoms with van der Waals surface area (Å²) < 4.78 is 0. The van der Waals surface area contributed by atoms with Gasteiger partial charge in [0, 0.05) is 12.4 Å². The molecule has 0 fully saturated rings. The van der Waals surface area contributed by atoms with Gasteiger partial charge in [-0.05, 0) is 31.3 Å². The van der Waals surface area contributed by atoms with Crippen molar-refractivity contribution in [2.24, 2.45) is 0 Å². The second-order valence-corrected chi connectivity index (χ2v) is 2.91. The Hall–Kier alpha value is -1.05. The van der Waals surface area contributed by atoms with Gasteiger partial charge in [0.25, 0.3) is 0 Å². The van der Waals surface area contributed by atoms with Crippen LogP contribution in [0.15, 0.2) is 18.5 Å². The molecule has 1 aliphatic rings. The first-order valence-electron chi connectivity index (χ1n) is 4.15. The minimum absolute atomic E-state index is 1.06. The highest BCUT2D eigenvalue weighted by Gasteiger charge is 2.06. The van der Waals surface area contributed by atoms with Crippen molar-refractivity contribution in [1.29, 1.82) is 0 Å². The van der Waals surface area contributed by atoms with E-state index < -0.39 is 0 Å². The highest BCUT2D eigenvalue weighted by Crippen LogP contribution is 2.23. The van der Waals surface area contributed by atoms with Crippen molar-refractivity contribution >= 4 is 5.57 Å². The summed E-state index contributed by atoms with van der Waals surface area (Å²) in [5.41, 5.74) is 1.39. The lowest BCUT2D eigenvalue weighted by atomic mass is 9.99. The van der Waals surface area contributed by atoms with Crippen LogP contribution in [0.1, 0.15) is 31.5 Å². The normalized spacial score (nSPS) is 18.0. The summed E-state index contributed by atoms with van der Waals surface area (Å²) in [4.78, 5) is 7.34. The molecule has 1 aromatic heterocycles. The van der Waals surface area contributed by atoms with Gasteiger partial charge in [-0.25, -0.2) is 4.98 Å². The smallest absolute Gasteiger partial charge is 0.132 e. The van der Waals surface area contributed by atoms with Crippen LogP contribution in [0.2, 0.25) is 0 Å². The van der Waals surface area contributed by atoms with E-state index in [0.29, 0.717) is 0 Å². The highest BCUT2D eigenvalue weighted by molar-refractivity contribution is 5.60. The maximum absolute atomic E-state index is 4.22. The third-order valence-corrected chi connectivity index (χ3v) is 2.09. The Morgan fingerprint density at radius 1 is 1.36 bits per heavy atom. The van der Waals surface area contributed by atoms with Gasteiger partial charge in [-0.15, -0.1) is 0 Å². The molecule has 0 radical (unpaired) electrons. The van der Waals surface area contributed by atoms with Gasteiger partial charge in [-0.3, -0.25) is 0 Å². The van der Waals surface area contributed by atoms with E-state index in [1.54, 1.807) is 0 Å². The molecule has 2 heteroatoms. The van der Waals surface area contributed by atoms with Crippen LogP contribution >= 0.6 is 0 Å². The van der Waals surface area contributed by atoms with Crippen LogP contribution in [0.25, 0.3) is 5.57 Å². The Morgan fingerprint density at radius 2 is 2.36 bits per heavy atom. The van der Waals surface area contributed by atoms with Crippen LogP contribution in [-0.2, 0) is 0 Å². The number of aromatic nitrogens is 2. The molecule has 0 aliphatic heterocycles.